The van der Waals surface area contributed by atoms with Gasteiger partial charge in [0.15, 0.2) is 0 Å². The Morgan fingerprint density at radius 2 is 1.83 bits per heavy atom. The summed E-state index contributed by atoms with van der Waals surface area (Å²) in [7, 11) is 1.63. The number of aromatic nitrogens is 6. The fourth-order valence-electron chi connectivity index (χ4n) is 2.94. The van der Waals surface area contributed by atoms with Gasteiger partial charge in [0.2, 0.25) is 5.16 Å². The highest BCUT2D eigenvalue weighted by molar-refractivity contribution is 7.99. The molecule has 5 rings (SSSR count). The summed E-state index contributed by atoms with van der Waals surface area (Å²) in [6.07, 6.45) is 1.58. The minimum Gasteiger partial charge on any atom is -0.494 e. The lowest BCUT2D eigenvalue weighted by Crippen LogP contribution is -2.01. The molecular formula is C20H14N6OS2. The number of benzene rings is 2. The molecule has 2 aromatic carbocycles. The van der Waals surface area contributed by atoms with E-state index in [1.807, 2.05) is 42.5 Å². The Morgan fingerprint density at radius 1 is 1.00 bits per heavy atom. The number of tetrazole rings is 1. The standard InChI is InChI=1S/C20H14N6OS2/c1-27-16-10-6-5-9-15(16)26-20(23-24-25-26)29-19-14-11-17(13-7-3-2-4-8-13)28-18(14)21-12-22-19/h2-12H,1H3. The van der Waals surface area contributed by atoms with Gasteiger partial charge < -0.3 is 4.74 Å². The monoisotopic (exact) mass is 418 g/mol. The highest BCUT2D eigenvalue weighted by Crippen LogP contribution is 2.38. The first-order chi connectivity index (χ1) is 14.3. The Balaban J connectivity index is 1.55. The third-order valence-corrected chi connectivity index (χ3v) is 6.34. The predicted molar refractivity (Wildman–Crippen MR) is 113 cm³/mol. The molecule has 0 aliphatic rings. The van der Waals surface area contributed by atoms with E-state index in [0.29, 0.717) is 10.9 Å². The number of methoxy groups -OCH3 is 1. The van der Waals surface area contributed by atoms with E-state index in [9.17, 15) is 0 Å². The van der Waals surface area contributed by atoms with Gasteiger partial charge in [-0.25, -0.2) is 9.97 Å². The molecule has 7 nitrogen and oxygen atoms in total. The molecule has 3 heterocycles. The summed E-state index contributed by atoms with van der Waals surface area (Å²) in [5, 5.41) is 14.6. The minimum absolute atomic E-state index is 0.599. The van der Waals surface area contributed by atoms with E-state index < -0.39 is 0 Å². The average Bonchev–Trinajstić information content (AvgIpc) is 3.42. The maximum Gasteiger partial charge on any atom is 0.220 e. The number of hydrogen-bond donors (Lipinski definition) is 0. The molecule has 29 heavy (non-hydrogen) atoms. The SMILES string of the molecule is COc1ccccc1-n1nnnc1Sc1ncnc2sc(-c3ccccc3)cc12. The van der Waals surface area contributed by atoms with Crippen LogP contribution in [0.1, 0.15) is 0 Å². The molecule has 0 radical (unpaired) electrons. The van der Waals surface area contributed by atoms with Crippen LogP contribution in [0, 0.1) is 0 Å². The second-order valence-corrected chi connectivity index (χ2v) is 8.01. The fourth-order valence-corrected chi connectivity index (χ4v) is 4.85. The van der Waals surface area contributed by atoms with E-state index in [4.69, 9.17) is 4.74 Å². The summed E-state index contributed by atoms with van der Waals surface area (Å²) in [5.41, 5.74) is 1.92. The molecule has 0 spiro atoms. The van der Waals surface area contributed by atoms with E-state index in [0.717, 1.165) is 31.4 Å². The quantitative estimate of drug-likeness (QED) is 0.389. The van der Waals surface area contributed by atoms with Crippen LogP contribution < -0.4 is 4.74 Å². The first-order valence-corrected chi connectivity index (χ1v) is 10.4. The summed E-state index contributed by atoms with van der Waals surface area (Å²) < 4.78 is 7.10. The van der Waals surface area contributed by atoms with E-state index in [-0.39, 0.29) is 0 Å². The van der Waals surface area contributed by atoms with Gasteiger partial charge >= 0.3 is 0 Å². The van der Waals surface area contributed by atoms with E-state index in [1.165, 1.54) is 11.8 Å². The smallest absolute Gasteiger partial charge is 0.220 e. The number of ether oxygens (including phenoxy) is 1. The second-order valence-electron chi connectivity index (χ2n) is 6.02. The van der Waals surface area contributed by atoms with Crippen LogP contribution in [0.3, 0.4) is 0 Å². The fraction of sp³-hybridized carbons (Fsp3) is 0.0500. The van der Waals surface area contributed by atoms with Crippen LogP contribution in [-0.4, -0.2) is 37.3 Å². The summed E-state index contributed by atoms with van der Waals surface area (Å²) in [4.78, 5) is 11.0. The van der Waals surface area contributed by atoms with Crippen molar-refractivity contribution in [2.75, 3.05) is 7.11 Å². The summed E-state index contributed by atoms with van der Waals surface area (Å²) >= 11 is 3.04. The van der Waals surface area contributed by atoms with Crippen LogP contribution >= 0.6 is 23.1 Å². The molecule has 0 fully saturated rings. The van der Waals surface area contributed by atoms with Crippen molar-refractivity contribution < 1.29 is 4.74 Å². The molecule has 142 valence electrons. The topological polar surface area (TPSA) is 78.6 Å². The molecule has 0 aliphatic carbocycles. The van der Waals surface area contributed by atoms with Crippen molar-refractivity contribution in [1.82, 2.24) is 30.2 Å². The number of hydrogen-bond acceptors (Lipinski definition) is 8. The van der Waals surface area contributed by atoms with Gasteiger partial charge in [-0.2, -0.15) is 4.68 Å². The Kier molecular flexibility index (Phi) is 4.66. The van der Waals surface area contributed by atoms with Gasteiger partial charge in [0.05, 0.1) is 7.11 Å². The lowest BCUT2D eigenvalue weighted by atomic mass is 10.2. The molecule has 0 N–H and O–H groups in total. The Bertz CT molecular complexity index is 1280. The third kappa shape index (κ3) is 3.34. The average molecular weight is 419 g/mol. The molecule has 0 aliphatic heterocycles. The zero-order valence-electron chi connectivity index (χ0n) is 15.3. The van der Waals surface area contributed by atoms with Crippen LogP contribution in [0.25, 0.3) is 26.3 Å². The van der Waals surface area contributed by atoms with Crippen molar-refractivity contribution in [2.45, 2.75) is 10.2 Å². The molecule has 0 unspecified atom stereocenters. The molecule has 0 saturated carbocycles. The summed E-state index contributed by atoms with van der Waals surface area (Å²) in [5.74, 6) is 0.691. The van der Waals surface area contributed by atoms with Crippen LogP contribution in [0.4, 0.5) is 0 Å². The highest BCUT2D eigenvalue weighted by atomic mass is 32.2. The number of thiophene rings is 1. The Hall–Kier alpha value is -3.30. The maximum atomic E-state index is 5.45. The van der Waals surface area contributed by atoms with E-state index in [1.54, 1.807) is 29.5 Å². The molecule has 3 aromatic heterocycles. The third-order valence-electron chi connectivity index (χ3n) is 4.29. The van der Waals surface area contributed by atoms with E-state index in [2.05, 4.69) is 43.7 Å². The Labute approximate surface area is 174 Å². The minimum atomic E-state index is 0.599. The largest absolute Gasteiger partial charge is 0.494 e. The Morgan fingerprint density at radius 3 is 2.69 bits per heavy atom. The maximum absolute atomic E-state index is 5.45. The predicted octanol–water partition coefficient (Wildman–Crippen LogP) is 4.49. The van der Waals surface area contributed by atoms with Gasteiger partial charge in [0.1, 0.15) is 27.6 Å². The van der Waals surface area contributed by atoms with Crippen molar-refractivity contribution in [2.24, 2.45) is 0 Å². The van der Waals surface area contributed by atoms with Crippen molar-refractivity contribution in [1.29, 1.82) is 0 Å². The molecule has 9 heteroatoms. The van der Waals surface area contributed by atoms with Gasteiger partial charge in [-0.3, -0.25) is 0 Å². The van der Waals surface area contributed by atoms with Crippen molar-refractivity contribution in [3.05, 3.63) is 67.0 Å². The first kappa shape index (κ1) is 17.8. The highest BCUT2D eigenvalue weighted by Gasteiger charge is 2.17. The number of rotatable bonds is 5. The number of fused-ring (bicyclic) bond motifs is 1. The molecule has 0 atom stereocenters. The lowest BCUT2D eigenvalue weighted by Gasteiger charge is -2.08. The van der Waals surface area contributed by atoms with Crippen LogP contribution in [-0.2, 0) is 0 Å². The van der Waals surface area contributed by atoms with Gasteiger partial charge in [-0.1, -0.05) is 42.5 Å². The molecule has 0 amide bonds. The van der Waals surface area contributed by atoms with Crippen LogP contribution in [0.2, 0.25) is 0 Å². The van der Waals surface area contributed by atoms with Crippen molar-refractivity contribution in [3.63, 3.8) is 0 Å². The van der Waals surface area contributed by atoms with Crippen LogP contribution in [0.15, 0.2) is 77.2 Å². The van der Waals surface area contributed by atoms with E-state index >= 15 is 0 Å². The second kappa shape index (κ2) is 7.61. The van der Waals surface area contributed by atoms with Crippen molar-refractivity contribution in [3.8, 4) is 21.9 Å². The van der Waals surface area contributed by atoms with Gasteiger partial charge in [-0.05, 0) is 46.0 Å². The lowest BCUT2D eigenvalue weighted by molar-refractivity contribution is 0.410. The molecule has 0 bridgehead atoms. The normalized spacial score (nSPS) is 11.1. The number of nitrogens with zero attached hydrogens (tertiary/aromatic N) is 6. The summed E-state index contributed by atoms with van der Waals surface area (Å²) in [6, 6.07) is 20.0. The van der Waals surface area contributed by atoms with Crippen molar-refractivity contribution >= 4 is 33.3 Å². The van der Waals surface area contributed by atoms with Gasteiger partial charge in [0.25, 0.3) is 0 Å². The zero-order chi connectivity index (χ0) is 19.6. The number of para-hydroxylation sites is 2. The zero-order valence-corrected chi connectivity index (χ0v) is 16.9. The first-order valence-electron chi connectivity index (χ1n) is 8.73. The summed E-state index contributed by atoms with van der Waals surface area (Å²) in [6.45, 7) is 0. The molecular weight excluding hydrogens is 404 g/mol. The van der Waals surface area contributed by atoms with Crippen LogP contribution in [0.5, 0.6) is 5.75 Å². The molecule has 0 saturated heterocycles. The van der Waals surface area contributed by atoms with Gasteiger partial charge in [0, 0.05) is 10.3 Å². The van der Waals surface area contributed by atoms with Gasteiger partial charge in [-0.15, -0.1) is 16.4 Å². The molecule has 5 aromatic rings.